The van der Waals surface area contributed by atoms with Crippen molar-refractivity contribution in [1.29, 1.82) is 0 Å². The van der Waals surface area contributed by atoms with Gasteiger partial charge in [0.15, 0.2) is 0 Å². The molecule has 6 rings (SSSR count). The van der Waals surface area contributed by atoms with E-state index in [0.717, 1.165) is 58.7 Å². The fourth-order valence-electron chi connectivity index (χ4n) is 5.12. The summed E-state index contributed by atoms with van der Waals surface area (Å²) in [7, 11) is 3.31. The van der Waals surface area contributed by atoms with Crippen LogP contribution in [0.5, 0.6) is 11.5 Å². The summed E-state index contributed by atoms with van der Waals surface area (Å²) in [5.74, 6) is 2.37. The number of anilines is 2. The van der Waals surface area contributed by atoms with Crippen LogP contribution >= 0.6 is 0 Å². The SMILES string of the molecule is C=CN.COc1ccc(CNc2nccc3c(NCC45COC(CO)(C4)C5)cccc23)c(OC)c1. The quantitative estimate of drug-likeness (QED) is 0.366. The van der Waals surface area contributed by atoms with E-state index >= 15 is 0 Å². The number of rotatable bonds is 9. The molecule has 2 aromatic carbocycles. The molecule has 3 aliphatic rings. The van der Waals surface area contributed by atoms with Gasteiger partial charge in [-0.15, -0.1) is 0 Å². The minimum absolute atomic E-state index is 0.114. The lowest BCUT2D eigenvalue weighted by Gasteiger charge is -2.43. The zero-order valence-electron chi connectivity index (χ0n) is 20.3. The van der Waals surface area contributed by atoms with Gasteiger partial charge in [0.25, 0.3) is 0 Å². The summed E-state index contributed by atoms with van der Waals surface area (Å²) >= 11 is 0. The first kappa shape index (κ1) is 24.6. The molecule has 1 aromatic heterocycles. The average molecular weight is 479 g/mol. The molecule has 8 heteroatoms. The van der Waals surface area contributed by atoms with Crippen LogP contribution in [0.25, 0.3) is 10.8 Å². The summed E-state index contributed by atoms with van der Waals surface area (Å²) in [4.78, 5) is 4.58. The molecule has 3 heterocycles. The van der Waals surface area contributed by atoms with Crippen molar-refractivity contribution in [2.24, 2.45) is 11.1 Å². The third-order valence-electron chi connectivity index (χ3n) is 6.77. The van der Waals surface area contributed by atoms with E-state index in [2.05, 4.69) is 40.1 Å². The van der Waals surface area contributed by atoms with Gasteiger partial charge < -0.3 is 35.7 Å². The summed E-state index contributed by atoms with van der Waals surface area (Å²) in [6.45, 7) is 5.38. The van der Waals surface area contributed by atoms with Crippen LogP contribution in [0.2, 0.25) is 0 Å². The number of nitrogens with zero attached hydrogens (tertiary/aromatic N) is 1. The highest BCUT2D eigenvalue weighted by Crippen LogP contribution is 2.57. The number of pyridine rings is 1. The maximum absolute atomic E-state index is 9.55. The molecule has 1 aliphatic carbocycles. The highest BCUT2D eigenvalue weighted by molar-refractivity contribution is 5.99. The van der Waals surface area contributed by atoms with Crippen LogP contribution in [-0.4, -0.2) is 49.7 Å². The third-order valence-corrected chi connectivity index (χ3v) is 6.77. The first-order valence-corrected chi connectivity index (χ1v) is 11.6. The minimum Gasteiger partial charge on any atom is -0.497 e. The number of fused-ring (bicyclic) bond motifs is 2. The van der Waals surface area contributed by atoms with Crippen LogP contribution in [0.15, 0.2) is 61.4 Å². The predicted molar refractivity (Wildman–Crippen MR) is 139 cm³/mol. The summed E-state index contributed by atoms with van der Waals surface area (Å²) in [6.07, 6.45) is 4.93. The number of hydrogen-bond donors (Lipinski definition) is 4. The van der Waals surface area contributed by atoms with Crippen molar-refractivity contribution in [3.8, 4) is 11.5 Å². The lowest BCUT2D eigenvalue weighted by molar-refractivity contribution is -0.0559. The number of aliphatic hydroxyl groups is 1. The van der Waals surface area contributed by atoms with E-state index in [0.29, 0.717) is 13.2 Å². The lowest BCUT2D eigenvalue weighted by Crippen LogP contribution is -2.49. The standard InChI is InChI=1S/C25H29N3O4.C2H5N/c1-30-18-7-6-17(22(10-18)31-2)11-27-23-20-4-3-5-21(19(20)8-9-26-23)28-14-24-12-25(13-24,15-29)32-16-24;1-2-3/h3-10,28-29H,11-16H2,1-2H3,(H,26,27);2H,1,3H2. The van der Waals surface area contributed by atoms with Crippen LogP contribution in [-0.2, 0) is 11.3 Å². The van der Waals surface area contributed by atoms with E-state index in [1.807, 2.05) is 36.5 Å². The van der Waals surface area contributed by atoms with E-state index in [1.54, 1.807) is 14.2 Å². The van der Waals surface area contributed by atoms with Crippen molar-refractivity contribution < 1.29 is 19.3 Å². The van der Waals surface area contributed by atoms with Gasteiger partial charge in [-0.2, -0.15) is 0 Å². The summed E-state index contributed by atoms with van der Waals surface area (Å²) in [5, 5.41) is 18.8. The molecule has 35 heavy (non-hydrogen) atoms. The first-order chi connectivity index (χ1) is 17.0. The van der Waals surface area contributed by atoms with Crippen LogP contribution in [0.4, 0.5) is 11.5 Å². The molecule has 2 bridgehead atoms. The average Bonchev–Trinajstić information content (AvgIpc) is 3.43. The summed E-state index contributed by atoms with van der Waals surface area (Å²) < 4.78 is 16.6. The highest BCUT2D eigenvalue weighted by atomic mass is 16.5. The Kier molecular flexibility index (Phi) is 7.33. The Labute approximate surface area is 206 Å². The van der Waals surface area contributed by atoms with Gasteiger partial charge in [0.05, 0.1) is 33.0 Å². The Morgan fingerprint density at radius 2 is 1.94 bits per heavy atom. The van der Waals surface area contributed by atoms with E-state index in [1.165, 1.54) is 6.20 Å². The van der Waals surface area contributed by atoms with Crippen LogP contribution in [0.3, 0.4) is 0 Å². The number of methoxy groups -OCH3 is 2. The van der Waals surface area contributed by atoms with Gasteiger partial charge in [0.1, 0.15) is 17.3 Å². The highest BCUT2D eigenvalue weighted by Gasteiger charge is 2.61. The molecule has 186 valence electrons. The van der Waals surface area contributed by atoms with E-state index in [4.69, 9.17) is 14.2 Å². The topological polar surface area (TPSA) is 111 Å². The Morgan fingerprint density at radius 3 is 2.63 bits per heavy atom. The number of ether oxygens (including phenoxy) is 3. The predicted octanol–water partition coefficient (Wildman–Crippen LogP) is 3.91. The number of benzene rings is 2. The second kappa shape index (κ2) is 10.4. The molecule has 2 aliphatic heterocycles. The van der Waals surface area contributed by atoms with Gasteiger partial charge in [-0.3, -0.25) is 0 Å². The monoisotopic (exact) mass is 478 g/mol. The molecule has 0 atom stereocenters. The molecular formula is C27H34N4O4. The van der Waals surface area contributed by atoms with Crippen molar-refractivity contribution in [1.82, 2.24) is 4.98 Å². The zero-order chi connectivity index (χ0) is 24.9. The molecule has 8 nitrogen and oxygen atoms in total. The van der Waals surface area contributed by atoms with Gasteiger partial charge in [0, 0.05) is 52.8 Å². The van der Waals surface area contributed by atoms with Crippen molar-refractivity contribution in [3.63, 3.8) is 0 Å². The molecule has 1 saturated carbocycles. The van der Waals surface area contributed by atoms with Crippen LogP contribution in [0.1, 0.15) is 18.4 Å². The molecule has 0 unspecified atom stereocenters. The van der Waals surface area contributed by atoms with Crippen molar-refractivity contribution in [2.45, 2.75) is 25.0 Å². The first-order valence-electron chi connectivity index (χ1n) is 11.6. The molecule has 3 fully saturated rings. The molecule has 3 aromatic rings. The summed E-state index contributed by atoms with van der Waals surface area (Å²) in [6, 6.07) is 14.1. The second-order valence-electron chi connectivity index (χ2n) is 9.16. The van der Waals surface area contributed by atoms with Crippen molar-refractivity contribution in [3.05, 3.63) is 67.0 Å². The molecule has 0 radical (unpaired) electrons. The van der Waals surface area contributed by atoms with E-state index in [9.17, 15) is 5.11 Å². The number of nitrogens with two attached hydrogens (primary N) is 1. The molecular weight excluding hydrogens is 444 g/mol. The third kappa shape index (κ3) is 4.99. The maximum atomic E-state index is 9.55. The molecule has 0 spiro atoms. The molecule has 0 amide bonds. The minimum atomic E-state index is -0.288. The lowest BCUT2D eigenvalue weighted by atomic mass is 9.63. The Morgan fingerprint density at radius 1 is 1.14 bits per heavy atom. The smallest absolute Gasteiger partial charge is 0.134 e. The zero-order valence-corrected chi connectivity index (χ0v) is 20.3. The fourth-order valence-corrected chi connectivity index (χ4v) is 5.12. The van der Waals surface area contributed by atoms with Gasteiger partial charge in [0.2, 0.25) is 0 Å². The van der Waals surface area contributed by atoms with Gasteiger partial charge in [-0.25, -0.2) is 4.98 Å². The molecule has 2 saturated heterocycles. The van der Waals surface area contributed by atoms with E-state index < -0.39 is 0 Å². The second-order valence-corrected chi connectivity index (χ2v) is 9.16. The van der Waals surface area contributed by atoms with E-state index in [-0.39, 0.29) is 17.6 Å². The van der Waals surface area contributed by atoms with Gasteiger partial charge in [-0.1, -0.05) is 18.7 Å². The normalized spacial score (nSPS) is 21.9. The largest absolute Gasteiger partial charge is 0.497 e. The fraction of sp³-hybridized carbons (Fsp3) is 0.370. The Bertz CT molecular complexity index is 1180. The summed E-state index contributed by atoms with van der Waals surface area (Å²) in [5.41, 5.74) is 6.56. The number of aromatic nitrogens is 1. The van der Waals surface area contributed by atoms with Crippen molar-refractivity contribution in [2.75, 3.05) is 44.6 Å². The number of nitrogens with one attached hydrogen (secondary N) is 2. The number of hydrogen-bond acceptors (Lipinski definition) is 8. The van der Waals surface area contributed by atoms with Gasteiger partial charge in [-0.05, 0) is 43.3 Å². The Hall–Kier alpha value is -3.49. The van der Waals surface area contributed by atoms with Crippen LogP contribution < -0.4 is 25.8 Å². The molecule has 5 N–H and O–H groups in total. The maximum Gasteiger partial charge on any atom is 0.134 e. The van der Waals surface area contributed by atoms with Crippen molar-refractivity contribution >= 4 is 22.3 Å². The number of aliphatic hydroxyl groups excluding tert-OH is 1. The van der Waals surface area contributed by atoms with Crippen LogP contribution in [0, 0.1) is 5.41 Å². The Balaban J connectivity index is 0.000000917. The van der Waals surface area contributed by atoms with Gasteiger partial charge >= 0.3 is 0 Å².